The maximum Gasteiger partial charge on any atom is 1.00 e. The van der Waals surface area contributed by atoms with Gasteiger partial charge in [-0.1, -0.05) is 0 Å². The summed E-state index contributed by atoms with van der Waals surface area (Å²) in [6, 6.07) is 0. The Bertz CT molecular complexity index is 139. The molecule has 0 saturated heterocycles. The molecule has 0 radical (unpaired) electrons. The normalized spacial score (nSPS) is 10.8. The van der Waals surface area contributed by atoms with Gasteiger partial charge in [-0.2, -0.15) is 0 Å². The Labute approximate surface area is 150 Å². The van der Waals surface area contributed by atoms with Gasteiger partial charge in [-0.25, -0.2) is 0 Å². The van der Waals surface area contributed by atoms with Crippen LogP contribution in [0.25, 0.3) is 0 Å². The Morgan fingerprint density at radius 1 is 0.550 bits per heavy atom. The molecule has 0 spiro atoms. The van der Waals surface area contributed by atoms with Crippen molar-refractivity contribution in [3.8, 4) is 0 Å². The van der Waals surface area contributed by atoms with Gasteiger partial charge in [0, 0.05) is 0 Å². The molecular formula is C3H8B3F12KN-3. The van der Waals surface area contributed by atoms with Gasteiger partial charge in [-0.3, -0.25) is 7.05 Å². The van der Waals surface area contributed by atoms with Gasteiger partial charge in [0.1, 0.15) is 0 Å². The van der Waals surface area contributed by atoms with E-state index in [4.69, 9.17) is 0 Å². The van der Waals surface area contributed by atoms with Crippen LogP contribution in [0.2, 0.25) is 0 Å². The number of hydrogen-bond acceptors (Lipinski definition) is 1. The van der Waals surface area contributed by atoms with E-state index in [1.165, 1.54) is 0 Å². The van der Waals surface area contributed by atoms with E-state index in [2.05, 4.69) is 7.05 Å². The van der Waals surface area contributed by atoms with E-state index in [1.807, 2.05) is 14.1 Å². The summed E-state index contributed by atoms with van der Waals surface area (Å²) in [7, 11) is -10.8. The first kappa shape index (κ1) is 32.8. The molecule has 0 aliphatic carbocycles. The first-order valence-electron chi connectivity index (χ1n) is 3.83. The second-order valence-corrected chi connectivity index (χ2v) is 2.56. The molecule has 0 heterocycles. The van der Waals surface area contributed by atoms with Crippen LogP contribution in [0.3, 0.4) is 0 Å². The zero-order chi connectivity index (χ0) is 17.1. The minimum atomic E-state index is -6.00. The predicted molar refractivity (Wildman–Crippen MR) is 49.6 cm³/mol. The van der Waals surface area contributed by atoms with Crippen LogP contribution in [0.4, 0.5) is 51.8 Å². The average Bonchev–Trinajstić information content (AvgIpc) is 1.66. The molecule has 0 atom stereocenters. The molecule has 0 aromatic carbocycles. The minimum Gasteiger partial charge on any atom is -0.464 e. The van der Waals surface area contributed by atoms with E-state index < -0.39 is 21.8 Å². The molecule has 0 aromatic heterocycles. The van der Waals surface area contributed by atoms with Crippen LogP contribution in [0, 0.1) is 7.05 Å². The predicted octanol–water partition coefficient (Wildman–Crippen LogP) is 1.24. The number of rotatable bonds is 0. The molecule has 0 saturated carbocycles. The number of nitrogens with zero attached hydrogens (tertiary/aromatic N) is 1. The van der Waals surface area contributed by atoms with Crippen LogP contribution in [0.5, 0.6) is 0 Å². The van der Waals surface area contributed by atoms with Crippen molar-refractivity contribution in [3.05, 3.63) is 7.05 Å². The molecule has 0 aliphatic heterocycles. The smallest absolute Gasteiger partial charge is 0.464 e. The molecule has 0 aromatic rings. The van der Waals surface area contributed by atoms with Gasteiger partial charge >= 0.3 is 73.1 Å². The van der Waals surface area contributed by atoms with Crippen LogP contribution in [0.1, 0.15) is 0 Å². The summed E-state index contributed by atoms with van der Waals surface area (Å²) in [6.45, 7) is 0. The summed E-state index contributed by atoms with van der Waals surface area (Å²) in [6.07, 6.45) is 0. The van der Waals surface area contributed by atoms with Gasteiger partial charge in [-0.05, 0) is 14.1 Å². The van der Waals surface area contributed by atoms with Crippen LogP contribution < -0.4 is 51.4 Å². The largest absolute Gasteiger partial charge is 1.00 e. The summed E-state index contributed by atoms with van der Waals surface area (Å²) < 4.78 is 117. The fourth-order valence-corrected chi connectivity index (χ4v) is 0. The third-order valence-corrected chi connectivity index (χ3v) is 0. The van der Waals surface area contributed by atoms with Crippen LogP contribution in [-0.2, 0) is 0 Å². The third-order valence-electron chi connectivity index (χ3n) is 0. The van der Waals surface area contributed by atoms with Crippen molar-refractivity contribution in [1.82, 2.24) is 4.90 Å². The molecule has 17 heteroatoms. The quantitative estimate of drug-likeness (QED) is 0.358. The van der Waals surface area contributed by atoms with Crippen molar-refractivity contribution in [3.63, 3.8) is 0 Å². The van der Waals surface area contributed by atoms with Crippen LogP contribution in [0.15, 0.2) is 0 Å². The Morgan fingerprint density at radius 3 is 0.550 bits per heavy atom. The van der Waals surface area contributed by atoms with Gasteiger partial charge in [0.15, 0.2) is 0 Å². The van der Waals surface area contributed by atoms with E-state index in [9.17, 15) is 51.8 Å². The summed E-state index contributed by atoms with van der Waals surface area (Å²) in [5.41, 5.74) is 0. The van der Waals surface area contributed by atoms with Crippen molar-refractivity contribution in [1.29, 1.82) is 0 Å². The van der Waals surface area contributed by atoms with Gasteiger partial charge in [0.05, 0.1) is 0 Å². The molecule has 0 unspecified atom stereocenters. The van der Waals surface area contributed by atoms with E-state index >= 15 is 0 Å². The van der Waals surface area contributed by atoms with E-state index in [0.717, 1.165) is 0 Å². The molecule has 0 rings (SSSR count). The van der Waals surface area contributed by atoms with Crippen molar-refractivity contribution < 1.29 is 103 Å². The Hall–Kier alpha value is 0.951. The maximum atomic E-state index is 9.75. The monoisotopic (exact) mass is 358 g/mol. The van der Waals surface area contributed by atoms with Gasteiger partial charge in [-0.15, -0.1) is 0 Å². The Balaban J connectivity index is -0.0000000494. The summed E-state index contributed by atoms with van der Waals surface area (Å²) in [5, 5.41) is 0. The van der Waals surface area contributed by atoms with Gasteiger partial charge in [0.2, 0.25) is 0 Å². The molecule has 0 N–H and O–H groups in total. The molecule has 0 fully saturated rings. The zero-order valence-electron chi connectivity index (χ0n) is 10.4. The van der Waals surface area contributed by atoms with Gasteiger partial charge < -0.3 is 56.7 Å². The van der Waals surface area contributed by atoms with E-state index in [0.29, 0.717) is 0 Å². The van der Waals surface area contributed by atoms with Gasteiger partial charge in [0.25, 0.3) is 0 Å². The molecular weight excluding hydrogens is 350 g/mol. The zero-order valence-corrected chi connectivity index (χ0v) is 13.5. The average molecular weight is 358 g/mol. The van der Waals surface area contributed by atoms with Crippen molar-refractivity contribution in [2.24, 2.45) is 0 Å². The third kappa shape index (κ3) is 6750. The van der Waals surface area contributed by atoms with E-state index in [1.54, 1.807) is 4.90 Å². The second-order valence-electron chi connectivity index (χ2n) is 2.56. The van der Waals surface area contributed by atoms with Crippen molar-refractivity contribution in [2.75, 3.05) is 14.1 Å². The Morgan fingerprint density at radius 2 is 0.550 bits per heavy atom. The molecule has 0 aliphatic rings. The minimum absolute atomic E-state index is 0. The molecule has 122 valence electrons. The molecule has 1 nitrogen and oxygen atoms in total. The SMILES string of the molecule is F[B-](F)(F)F.F[B-](F)(F)F.F[B-](F)(F)F.[CH2-]N(C)C.[K+]. The number of halogens is 12. The van der Waals surface area contributed by atoms with Crippen LogP contribution in [-0.4, -0.2) is 40.8 Å². The topological polar surface area (TPSA) is 3.24 Å². The summed E-state index contributed by atoms with van der Waals surface area (Å²) in [4.78, 5) is 1.75. The second kappa shape index (κ2) is 14.9. The molecule has 0 bridgehead atoms. The molecule has 0 amide bonds. The summed E-state index contributed by atoms with van der Waals surface area (Å²) in [5.74, 6) is 0. The van der Waals surface area contributed by atoms with Crippen LogP contribution >= 0.6 is 0 Å². The fourth-order valence-electron chi connectivity index (χ4n) is 0. The summed E-state index contributed by atoms with van der Waals surface area (Å²) >= 11 is 0. The van der Waals surface area contributed by atoms with Crippen molar-refractivity contribution in [2.45, 2.75) is 0 Å². The maximum absolute atomic E-state index is 9.75. The standard InChI is InChI=1S/C3H8N.3BF4.K/c1-4(2)3;3*2-1(3,4)5;/h1H2,2-3H3;;;;/q4*-1;+1. The molecule has 20 heavy (non-hydrogen) atoms. The van der Waals surface area contributed by atoms with E-state index in [-0.39, 0.29) is 51.4 Å². The number of hydrogen-bond donors (Lipinski definition) is 0. The Kier molecular flexibility index (Phi) is 24.4. The first-order valence-corrected chi connectivity index (χ1v) is 3.83. The first-order chi connectivity index (χ1) is 7.73. The fraction of sp³-hybridized carbons (Fsp3) is 0.667. The van der Waals surface area contributed by atoms with Crippen molar-refractivity contribution >= 4 is 21.8 Å².